The zero-order valence-corrected chi connectivity index (χ0v) is 11.8. The Bertz CT molecular complexity index is 503. The van der Waals surface area contributed by atoms with Crippen LogP contribution in [0.5, 0.6) is 0 Å². The Hall–Kier alpha value is -1.25. The highest BCUT2D eigenvalue weighted by molar-refractivity contribution is 7.84. The fourth-order valence-electron chi connectivity index (χ4n) is 1.33. The third-order valence-corrected chi connectivity index (χ3v) is 4.07. The first-order valence-electron chi connectivity index (χ1n) is 5.62. The molecule has 0 heterocycles. The Balaban J connectivity index is 2.92. The van der Waals surface area contributed by atoms with Crippen molar-refractivity contribution in [2.45, 2.75) is 38.5 Å². The summed E-state index contributed by atoms with van der Waals surface area (Å²) in [6, 6.07) is 5.74. The largest absolute Gasteiger partial charge is 0.242 e. The minimum atomic E-state index is -1.24. The number of nitriles is 1. The van der Waals surface area contributed by atoms with E-state index in [1.165, 1.54) is 12.1 Å². The number of halogens is 1. The van der Waals surface area contributed by atoms with Crippen LogP contribution in [0.3, 0.4) is 0 Å². The van der Waals surface area contributed by atoms with E-state index in [0.29, 0.717) is 5.56 Å². The van der Waals surface area contributed by atoms with Crippen LogP contribution in [0.25, 0.3) is 0 Å². The van der Waals surface area contributed by atoms with Gasteiger partial charge >= 0.3 is 0 Å². The molecule has 18 heavy (non-hydrogen) atoms. The zero-order valence-electron chi connectivity index (χ0n) is 11.0. The summed E-state index contributed by atoms with van der Waals surface area (Å²) in [5, 5.41) is 8.78. The molecule has 0 spiro atoms. The summed E-state index contributed by atoms with van der Waals surface area (Å²) in [6.45, 7) is 7.36. The number of nitrogens with one attached hydrogen (secondary N) is 1. The molecule has 3 nitrogen and oxygen atoms in total. The van der Waals surface area contributed by atoms with Gasteiger partial charge in [-0.2, -0.15) is 5.26 Å². The number of rotatable bonds is 3. The maximum atomic E-state index is 13.3. The normalized spacial score (nSPS) is 14.9. The molecule has 0 saturated heterocycles. The van der Waals surface area contributed by atoms with Crippen molar-refractivity contribution in [3.63, 3.8) is 0 Å². The van der Waals surface area contributed by atoms with E-state index in [-0.39, 0.29) is 16.4 Å². The second-order valence-electron chi connectivity index (χ2n) is 5.11. The Morgan fingerprint density at radius 3 is 2.50 bits per heavy atom. The van der Waals surface area contributed by atoms with E-state index in [2.05, 4.69) is 4.72 Å². The predicted octanol–water partition coefficient (Wildman–Crippen LogP) is 2.81. The summed E-state index contributed by atoms with van der Waals surface area (Å²) >= 11 is 0. The smallest absolute Gasteiger partial charge is 0.124 e. The predicted molar refractivity (Wildman–Crippen MR) is 70.6 cm³/mol. The van der Waals surface area contributed by atoms with E-state index in [1.54, 1.807) is 13.0 Å². The Morgan fingerprint density at radius 2 is 2.00 bits per heavy atom. The van der Waals surface area contributed by atoms with Gasteiger partial charge in [-0.05, 0) is 51.5 Å². The molecular formula is C13H17FN2OS. The van der Waals surface area contributed by atoms with Crippen LogP contribution in [-0.4, -0.2) is 8.96 Å². The van der Waals surface area contributed by atoms with E-state index in [1.807, 2.05) is 26.8 Å². The molecule has 2 atom stereocenters. The standard InChI is InChI=1S/C13H17FN2OS/c1-9(16-18(17)13(2,3)4)11-5-10(8-15)6-12(14)7-11/h5-7,9,16H,1-4H3/t9-,18?/m1/s1. The number of hydrogen-bond acceptors (Lipinski definition) is 2. The summed E-state index contributed by atoms with van der Waals surface area (Å²) in [5.41, 5.74) is 0.879. The molecule has 0 saturated carbocycles. The summed E-state index contributed by atoms with van der Waals surface area (Å²) in [6.07, 6.45) is 0. The van der Waals surface area contributed by atoms with Gasteiger partial charge in [0.05, 0.1) is 27.4 Å². The maximum absolute atomic E-state index is 13.3. The molecule has 1 aromatic rings. The van der Waals surface area contributed by atoms with Crippen LogP contribution in [0.2, 0.25) is 0 Å². The van der Waals surface area contributed by atoms with E-state index < -0.39 is 16.8 Å². The molecule has 1 unspecified atom stereocenters. The van der Waals surface area contributed by atoms with Gasteiger partial charge in [-0.25, -0.2) is 13.3 Å². The van der Waals surface area contributed by atoms with Gasteiger partial charge in [0.15, 0.2) is 0 Å². The highest BCUT2D eigenvalue weighted by Gasteiger charge is 2.22. The molecular weight excluding hydrogens is 251 g/mol. The minimum Gasteiger partial charge on any atom is -0.242 e. The lowest BCUT2D eigenvalue weighted by Gasteiger charge is -2.22. The van der Waals surface area contributed by atoms with Gasteiger partial charge in [0.2, 0.25) is 0 Å². The quantitative estimate of drug-likeness (QED) is 0.916. The molecule has 0 aliphatic heterocycles. The molecule has 5 heteroatoms. The highest BCUT2D eigenvalue weighted by atomic mass is 32.2. The van der Waals surface area contributed by atoms with Crippen molar-refractivity contribution in [3.05, 3.63) is 35.1 Å². The molecule has 98 valence electrons. The molecule has 1 aromatic carbocycles. The summed E-state index contributed by atoms with van der Waals surface area (Å²) in [4.78, 5) is 0. The van der Waals surface area contributed by atoms with E-state index >= 15 is 0 Å². The van der Waals surface area contributed by atoms with Crippen LogP contribution in [0, 0.1) is 17.1 Å². The van der Waals surface area contributed by atoms with Crippen molar-refractivity contribution in [1.29, 1.82) is 5.26 Å². The lowest BCUT2D eigenvalue weighted by atomic mass is 10.1. The van der Waals surface area contributed by atoms with Gasteiger partial charge in [0, 0.05) is 6.04 Å². The van der Waals surface area contributed by atoms with Crippen molar-refractivity contribution in [2.24, 2.45) is 0 Å². The summed E-state index contributed by atoms with van der Waals surface area (Å²) in [7, 11) is -1.24. The average molecular weight is 268 g/mol. The third-order valence-electron chi connectivity index (χ3n) is 2.39. The van der Waals surface area contributed by atoms with Gasteiger partial charge in [0.25, 0.3) is 0 Å². The average Bonchev–Trinajstić information content (AvgIpc) is 2.26. The topological polar surface area (TPSA) is 52.9 Å². The second kappa shape index (κ2) is 5.59. The van der Waals surface area contributed by atoms with Crippen LogP contribution in [0.15, 0.2) is 18.2 Å². The monoisotopic (exact) mass is 268 g/mol. The molecule has 0 amide bonds. The van der Waals surface area contributed by atoms with Crippen LogP contribution in [0.1, 0.15) is 44.9 Å². The van der Waals surface area contributed by atoms with E-state index in [9.17, 15) is 8.60 Å². The third kappa shape index (κ3) is 3.90. The van der Waals surface area contributed by atoms with Crippen LogP contribution < -0.4 is 4.72 Å². The number of benzene rings is 1. The second-order valence-corrected chi connectivity index (χ2v) is 7.10. The van der Waals surface area contributed by atoms with Gasteiger partial charge in [-0.1, -0.05) is 0 Å². The molecule has 0 aromatic heterocycles. The molecule has 0 radical (unpaired) electrons. The first kappa shape index (κ1) is 14.8. The molecule has 0 bridgehead atoms. The van der Waals surface area contributed by atoms with Crippen LogP contribution in [-0.2, 0) is 11.0 Å². The van der Waals surface area contributed by atoms with Gasteiger partial charge in [-0.3, -0.25) is 0 Å². The first-order valence-corrected chi connectivity index (χ1v) is 6.77. The number of hydrogen-bond donors (Lipinski definition) is 1. The van der Waals surface area contributed by atoms with Crippen LogP contribution in [0.4, 0.5) is 4.39 Å². The molecule has 0 aliphatic rings. The fraction of sp³-hybridized carbons (Fsp3) is 0.462. The number of nitrogens with zero attached hydrogens (tertiary/aromatic N) is 1. The van der Waals surface area contributed by atoms with Crippen LogP contribution >= 0.6 is 0 Å². The zero-order chi connectivity index (χ0) is 13.9. The summed E-state index contributed by atoms with van der Waals surface area (Å²) < 4.78 is 27.7. The summed E-state index contributed by atoms with van der Waals surface area (Å²) in [5.74, 6) is -0.459. The minimum absolute atomic E-state index is 0.264. The van der Waals surface area contributed by atoms with Crippen molar-refractivity contribution in [3.8, 4) is 6.07 Å². The van der Waals surface area contributed by atoms with E-state index in [0.717, 1.165) is 0 Å². The van der Waals surface area contributed by atoms with Crippen molar-refractivity contribution in [2.75, 3.05) is 0 Å². The first-order chi connectivity index (χ1) is 8.24. The maximum Gasteiger partial charge on any atom is 0.124 e. The van der Waals surface area contributed by atoms with Crippen molar-refractivity contribution >= 4 is 11.0 Å². The SMILES string of the molecule is C[C@@H](NS(=O)C(C)(C)C)c1cc(F)cc(C#N)c1. The van der Waals surface area contributed by atoms with Gasteiger partial charge in [0.1, 0.15) is 5.82 Å². The Labute approximate surface area is 110 Å². The highest BCUT2D eigenvalue weighted by Crippen LogP contribution is 2.19. The molecule has 0 aliphatic carbocycles. The lowest BCUT2D eigenvalue weighted by molar-refractivity contribution is 0.605. The van der Waals surface area contributed by atoms with Crippen molar-refractivity contribution < 1.29 is 8.60 Å². The van der Waals surface area contributed by atoms with Gasteiger partial charge < -0.3 is 0 Å². The molecule has 0 fully saturated rings. The Kier molecular flexibility index (Phi) is 4.60. The van der Waals surface area contributed by atoms with Gasteiger partial charge in [-0.15, -0.1) is 0 Å². The fourth-order valence-corrected chi connectivity index (χ4v) is 2.14. The van der Waals surface area contributed by atoms with Crippen molar-refractivity contribution in [1.82, 2.24) is 4.72 Å². The van der Waals surface area contributed by atoms with E-state index in [4.69, 9.17) is 5.26 Å². The Morgan fingerprint density at radius 1 is 1.39 bits per heavy atom. The molecule has 1 N–H and O–H groups in total. The lowest BCUT2D eigenvalue weighted by Crippen LogP contribution is -2.34. The molecule has 1 rings (SSSR count).